The van der Waals surface area contributed by atoms with Gasteiger partial charge in [0.15, 0.2) is 0 Å². The van der Waals surface area contributed by atoms with E-state index in [0.29, 0.717) is 17.8 Å². The minimum absolute atomic E-state index is 0.668. The molecule has 0 bridgehead atoms. The van der Waals surface area contributed by atoms with Gasteiger partial charge in [-0.25, -0.2) is 0 Å². The summed E-state index contributed by atoms with van der Waals surface area (Å²) in [5.74, 6) is -2.35. The van der Waals surface area contributed by atoms with E-state index in [4.69, 9.17) is 0 Å². The maximum Gasteiger partial charge on any atom is 0.288 e. The van der Waals surface area contributed by atoms with Crippen molar-refractivity contribution in [3.63, 3.8) is 0 Å². The van der Waals surface area contributed by atoms with Gasteiger partial charge >= 0.3 is 0 Å². The Bertz CT molecular complexity index is 469. The normalized spacial score (nSPS) is 24.2. The topological polar surface area (TPSA) is 6.48 Å². The van der Waals surface area contributed by atoms with Crippen LogP contribution in [-0.2, 0) is 6.54 Å². The zero-order valence-electron chi connectivity index (χ0n) is 12.2. The van der Waals surface area contributed by atoms with Gasteiger partial charge in [-0.05, 0) is 50.5 Å². The summed E-state index contributed by atoms with van der Waals surface area (Å²) in [4.78, 5) is 5.76. The van der Waals surface area contributed by atoms with Crippen molar-refractivity contribution in [1.82, 2.24) is 9.80 Å². The lowest BCUT2D eigenvalue weighted by Gasteiger charge is -2.26. The summed E-state index contributed by atoms with van der Waals surface area (Å²) >= 11 is 0.668. The minimum Gasteiger partial charge on any atom is -0.299 e. The van der Waals surface area contributed by atoms with Crippen molar-refractivity contribution in [3.8, 4) is 0 Å². The molecule has 5 heteroatoms. The highest BCUT2D eigenvalue weighted by Crippen LogP contribution is 2.30. The van der Waals surface area contributed by atoms with Crippen LogP contribution in [0.15, 0.2) is 29.2 Å². The van der Waals surface area contributed by atoms with Crippen molar-refractivity contribution >= 4 is 11.8 Å². The van der Waals surface area contributed by atoms with Gasteiger partial charge < -0.3 is 0 Å². The van der Waals surface area contributed by atoms with Crippen molar-refractivity contribution in [2.45, 2.75) is 42.5 Å². The fourth-order valence-corrected chi connectivity index (χ4v) is 4.15. The lowest BCUT2D eigenvalue weighted by Crippen LogP contribution is -2.36. The standard InChI is InChI=1S/C16H22F2N2S/c17-16(18)21-15-7-2-1-5-13(15)11-19-8-4-10-20-9-3-6-14(20)12-19/h1-2,5,7,14,16H,3-4,6,8-12H2/t14-/m1/s1. The second kappa shape index (κ2) is 7.07. The Morgan fingerprint density at radius 3 is 2.81 bits per heavy atom. The number of benzene rings is 1. The van der Waals surface area contributed by atoms with Crippen LogP contribution >= 0.6 is 11.8 Å². The third-order valence-electron chi connectivity index (χ3n) is 4.47. The van der Waals surface area contributed by atoms with Crippen LogP contribution in [0, 0.1) is 0 Å². The molecule has 2 fully saturated rings. The smallest absolute Gasteiger partial charge is 0.288 e. The zero-order chi connectivity index (χ0) is 14.7. The van der Waals surface area contributed by atoms with Gasteiger partial charge in [0.05, 0.1) is 0 Å². The predicted octanol–water partition coefficient (Wildman–Crippen LogP) is 3.67. The first-order valence-corrected chi connectivity index (χ1v) is 8.59. The summed E-state index contributed by atoms with van der Waals surface area (Å²) in [6.07, 6.45) is 3.76. The molecule has 2 heterocycles. The van der Waals surface area contributed by atoms with Crippen LogP contribution in [0.3, 0.4) is 0 Å². The van der Waals surface area contributed by atoms with Crippen LogP contribution in [0.1, 0.15) is 24.8 Å². The summed E-state index contributed by atoms with van der Waals surface area (Å²) in [6, 6.07) is 8.26. The molecule has 0 aliphatic carbocycles. The van der Waals surface area contributed by atoms with E-state index in [2.05, 4.69) is 9.80 Å². The average Bonchev–Trinajstić information content (AvgIpc) is 2.79. The van der Waals surface area contributed by atoms with Crippen molar-refractivity contribution in [2.24, 2.45) is 0 Å². The van der Waals surface area contributed by atoms with Crippen LogP contribution in [-0.4, -0.2) is 47.8 Å². The highest BCUT2D eigenvalue weighted by molar-refractivity contribution is 7.99. The van der Waals surface area contributed by atoms with Gasteiger partial charge in [0, 0.05) is 24.0 Å². The molecule has 1 aromatic carbocycles. The second-order valence-electron chi connectivity index (χ2n) is 5.91. The number of thioether (sulfide) groups is 1. The van der Waals surface area contributed by atoms with Gasteiger partial charge in [-0.15, -0.1) is 0 Å². The van der Waals surface area contributed by atoms with E-state index in [1.807, 2.05) is 24.3 Å². The lowest BCUT2D eigenvalue weighted by molar-refractivity contribution is 0.214. The van der Waals surface area contributed by atoms with Gasteiger partial charge in [0.1, 0.15) is 0 Å². The van der Waals surface area contributed by atoms with E-state index >= 15 is 0 Å². The minimum atomic E-state index is -2.35. The molecule has 2 aliphatic heterocycles. The molecule has 0 N–H and O–H groups in total. The molecule has 0 spiro atoms. The van der Waals surface area contributed by atoms with Crippen molar-refractivity contribution in [2.75, 3.05) is 26.2 Å². The van der Waals surface area contributed by atoms with E-state index < -0.39 is 5.76 Å². The van der Waals surface area contributed by atoms with E-state index in [0.717, 1.165) is 30.1 Å². The van der Waals surface area contributed by atoms with Gasteiger partial charge in [0.2, 0.25) is 0 Å². The van der Waals surface area contributed by atoms with E-state index in [1.54, 1.807) is 0 Å². The molecule has 1 aromatic rings. The monoisotopic (exact) mass is 312 g/mol. The average molecular weight is 312 g/mol. The third-order valence-corrected chi connectivity index (χ3v) is 5.30. The Labute approximate surface area is 129 Å². The molecule has 0 saturated carbocycles. The summed E-state index contributed by atoms with van der Waals surface area (Å²) in [5.41, 5.74) is 1.04. The number of rotatable bonds is 4. The zero-order valence-corrected chi connectivity index (χ0v) is 13.0. The molecule has 3 rings (SSSR count). The number of hydrogen-bond acceptors (Lipinski definition) is 3. The van der Waals surface area contributed by atoms with Gasteiger partial charge in [-0.2, -0.15) is 8.78 Å². The third kappa shape index (κ3) is 3.96. The Kier molecular flexibility index (Phi) is 5.14. The summed E-state index contributed by atoms with van der Waals surface area (Å²) in [7, 11) is 0. The van der Waals surface area contributed by atoms with Crippen LogP contribution in [0.4, 0.5) is 8.78 Å². The fourth-order valence-electron chi connectivity index (χ4n) is 3.51. The van der Waals surface area contributed by atoms with E-state index in [-0.39, 0.29) is 0 Å². The second-order valence-corrected chi connectivity index (χ2v) is 6.94. The van der Waals surface area contributed by atoms with E-state index in [9.17, 15) is 8.78 Å². The van der Waals surface area contributed by atoms with Crippen molar-refractivity contribution < 1.29 is 8.78 Å². The first kappa shape index (κ1) is 15.3. The Balaban J connectivity index is 1.68. The predicted molar refractivity (Wildman–Crippen MR) is 82.8 cm³/mol. The number of alkyl halides is 2. The molecule has 0 unspecified atom stereocenters. The molecule has 0 aromatic heterocycles. The molecular weight excluding hydrogens is 290 g/mol. The highest BCUT2D eigenvalue weighted by Gasteiger charge is 2.28. The summed E-state index contributed by atoms with van der Waals surface area (Å²) in [5, 5.41) is 0. The molecule has 2 nitrogen and oxygen atoms in total. The van der Waals surface area contributed by atoms with Crippen molar-refractivity contribution in [1.29, 1.82) is 0 Å². The molecular formula is C16H22F2N2S. The molecule has 2 aliphatic rings. The highest BCUT2D eigenvalue weighted by atomic mass is 32.2. The van der Waals surface area contributed by atoms with Crippen LogP contribution < -0.4 is 0 Å². The van der Waals surface area contributed by atoms with E-state index in [1.165, 1.54) is 32.4 Å². The molecule has 2 saturated heterocycles. The van der Waals surface area contributed by atoms with Crippen molar-refractivity contribution in [3.05, 3.63) is 29.8 Å². The van der Waals surface area contributed by atoms with Gasteiger partial charge in [-0.1, -0.05) is 30.0 Å². The summed E-state index contributed by atoms with van der Waals surface area (Å²) < 4.78 is 25.3. The van der Waals surface area contributed by atoms with Gasteiger partial charge in [-0.3, -0.25) is 9.80 Å². The Morgan fingerprint density at radius 1 is 1.14 bits per heavy atom. The number of hydrogen-bond donors (Lipinski definition) is 0. The molecule has 0 amide bonds. The largest absolute Gasteiger partial charge is 0.299 e. The molecule has 21 heavy (non-hydrogen) atoms. The molecule has 1 atom stereocenters. The number of halogens is 2. The van der Waals surface area contributed by atoms with Gasteiger partial charge in [0.25, 0.3) is 5.76 Å². The van der Waals surface area contributed by atoms with Crippen LogP contribution in [0.25, 0.3) is 0 Å². The Morgan fingerprint density at radius 2 is 1.95 bits per heavy atom. The summed E-state index contributed by atoms with van der Waals surface area (Å²) in [6.45, 7) is 5.36. The first-order valence-electron chi connectivity index (χ1n) is 7.71. The first-order chi connectivity index (χ1) is 10.2. The SMILES string of the molecule is FC(F)Sc1ccccc1CN1CCCN2CCC[C@@H]2C1. The number of fused-ring (bicyclic) bond motifs is 1. The lowest BCUT2D eigenvalue weighted by atomic mass is 10.1. The quantitative estimate of drug-likeness (QED) is 0.783. The number of nitrogens with zero attached hydrogens (tertiary/aromatic N) is 2. The maximum absolute atomic E-state index is 12.7. The van der Waals surface area contributed by atoms with Crippen LogP contribution in [0.5, 0.6) is 0 Å². The maximum atomic E-state index is 12.7. The molecule has 0 radical (unpaired) electrons. The molecule has 116 valence electrons. The fraction of sp³-hybridized carbons (Fsp3) is 0.625. The van der Waals surface area contributed by atoms with Crippen LogP contribution in [0.2, 0.25) is 0 Å². The Hall–Kier alpha value is -0.650.